The number of aromatic nitrogens is 2. The Morgan fingerprint density at radius 3 is 2.48 bits per heavy atom. The molecule has 0 radical (unpaired) electrons. The zero-order chi connectivity index (χ0) is 17.0. The predicted octanol–water partition coefficient (Wildman–Crippen LogP) is 3.04. The van der Waals surface area contributed by atoms with Gasteiger partial charge in [-0.1, -0.05) is 44.2 Å². The summed E-state index contributed by atoms with van der Waals surface area (Å²) in [6.07, 6.45) is 0. The molecule has 23 heavy (non-hydrogen) atoms. The van der Waals surface area contributed by atoms with Gasteiger partial charge in [-0.2, -0.15) is 5.10 Å². The molecule has 0 fully saturated rings. The summed E-state index contributed by atoms with van der Waals surface area (Å²) >= 11 is 0. The van der Waals surface area contributed by atoms with Crippen LogP contribution >= 0.6 is 0 Å². The molecule has 2 rings (SSSR count). The molecule has 1 aromatic heterocycles. The molecule has 0 spiro atoms. The fraction of sp³-hybridized carbons (Fsp3) is 0.526. The molecule has 0 saturated heterocycles. The average Bonchev–Trinajstić information content (AvgIpc) is 2.75. The Morgan fingerprint density at radius 1 is 1.22 bits per heavy atom. The van der Waals surface area contributed by atoms with Crippen molar-refractivity contribution in [1.29, 1.82) is 0 Å². The highest BCUT2D eigenvalue weighted by Crippen LogP contribution is 2.17. The number of hydrogen-bond acceptors (Lipinski definition) is 3. The molecule has 1 aromatic carbocycles. The minimum atomic E-state index is -0.693. The molecule has 0 aliphatic rings. The number of aryl methyl sites for hydroxylation is 1. The zero-order valence-corrected chi connectivity index (χ0v) is 14.9. The van der Waals surface area contributed by atoms with Crippen LogP contribution in [0.15, 0.2) is 30.3 Å². The van der Waals surface area contributed by atoms with Crippen LogP contribution in [-0.2, 0) is 13.1 Å². The van der Waals surface area contributed by atoms with Gasteiger partial charge < -0.3 is 10.4 Å². The van der Waals surface area contributed by atoms with Gasteiger partial charge in [-0.15, -0.1) is 0 Å². The molecular weight excluding hydrogens is 286 g/mol. The van der Waals surface area contributed by atoms with Crippen LogP contribution in [0.4, 0.5) is 0 Å². The van der Waals surface area contributed by atoms with E-state index in [-0.39, 0.29) is 5.92 Å². The SMILES string of the molecule is Cc1nn(Cc2ccccc2)c(C)c1CNCC(C)(O)C(C)C. The molecule has 4 heteroatoms. The van der Waals surface area contributed by atoms with Crippen LogP contribution in [0.1, 0.15) is 43.3 Å². The van der Waals surface area contributed by atoms with Gasteiger partial charge in [0.25, 0.3) is 0 Å². The number of nitrogens with one attached hydrogen (secondary N) is 1. The van der Waals surface area contributed by atoms with Crippen LogP contribution in [-0.4, -0.2) is 27.0 Å². The van der Waals surface area contributed by atoms with Crippen molar-refractivity contribution in [3.8, 4) is 0 Å². The first-order valence-corrected chi connectivity index (χ1v) is 8.31. The van der Waals surface area contributed by atoms with Crippen molar-refractivity contribution >= 4 is 0 Å². The first-order chi connectivity index (χ1) is 10.8. The van der Waals surface area contributed by atoms with Crippen LogP contribution in [0.25, 0.3) is 0 Å². The molecule has 2 N–H and O–H groups in total. The third kappa shape index (κ3) is 4.43. The zero-order valence-electron chi connectivity index (χ0n) is 14.9. The Labute approximate surface area is 139 Å². The van der Waals surface area contributed by atoms with E-state index >= 15 is 0 Å². The smallest absolute Gasteiger partial charge is 0.0766 e. The van der Waals surface area contributed by atoms with Gasteiger partial charge >= 0.3 is 0 Å². The fourth-order valence-electron chi connectivity index (χ4n) is 2.54. The first kappa shape index (κ1) is 17.7. The summed E-state index contributed by atoms with van der Waals surface area (Å²) < 4.78 is 2.06. The van der Waals surface area contributed by atoms with Crippen LogP contribution in [0.3, 0.4) is 0 Å². The number of benzene rings is 1. The van der Waals surface area contributed by atoms with Gasteiger partial charge in [0.05, 0.1) is 17.8 Å². The van der Waals surface area contributed by atoms with Crippen molar-refractivity contribution < 1.29 is 5.11 Å². The summed E-state index contributed by atoms with van der Waals surface area (Å²) in [6.45, 7) is 12.2. The standard InChI is InChI=1S/C19H29N3O/c1-14(2)19(5,23)13-20-11-18-15(3)21-22(16(18)4)12-17-9-7-6-8-10-17/h6-10,14,20,23H,11-13H2,1-5H3. The van der Waals surface area contributed by atoms with E-state index in [1.165, 1.54) is 16.8 Å². The largest absolute Gasteiger partial charge is 0.389 e. The van der Waals surface area contributed by atoms with E-state index in [0.717, 1.165) is 18.8 Å². The summed E-state index contributed by atoms with van der Waals surface area (Å²) in [5, 5.41) is 18.4. The van der Waals surface area contributed by atoms with E-state index in [1.54, 1.807) is 0 Å². The first-order valence-electron chi connectivity index (χ1n) is 8.31. The van der Waals surface area contributed by atoms with Crippen molar-refractivity contribution in [1.82, 2.24) is 15.1 Å². The van der Waals surface area contributed by atoms with Gasteiger partial charge in [0.15, 0.2) is 0 Å². The number of aliphatic hydroxyl groups is 1. The van der Waals surface area contributed by atoms with Crippen LogP contribution < -0.4 is 5.32 Å². The molecule has 0 aliphatic carbocycles. The van der Waals surface area contributed by atoms with E-state index in [9.17, 15) is 5.11 Å². The normalized spacial score (nSPS) is 14.2. The van der Waals surface area contributed by atoms with Gasteiger partial charge in [0.2, 0.25) is 0 Å². The highest BCUT2D eigenvalue weighted by molar-refractivity contribution is 5.26. The lowest BCUT2D eigenvalue weighted by Gasteiger charge is -2.28. The Hall–Kier alpha value is -1.65. The molecule has 2 aromatic rings. The lowest BCUT2D eigenvalue weighted by molar-refractivity contribution is 0.0139. The van der Waals surface area contributed by atoms with Gasteiger partial charge in [-0.25, -0.2) is 0 Å². The van der Waals surface area contributed by atoms with Crippen molar-refractivity contribution in [2.45, 2.75) is 53.3 Å². The second-order valence-electron chi connectivity index (χ2n) is 6.91. The molecule has 4 nitrogen and oxygen atoms in total. The van der Waals surface area contributed by atoms with Crippen molar-refractivity contribution in [3.63, 3.8) is 0 Å². The van der Waals surface area contributed by atoms with Gasteiger partial charge in [0, 0.05) is 24.3 Å². The number of nitrogens with zero attached hydrogens (tertiary/aromatic N) is 2. The summed E-state index contributed by atoms with van der Waals surface area (Å²) in [5.74, 6) is 0.220. The van der Waals surface area contributed by atoms with Gasteiger partial charge in [-0.3, -0.25) is 4.68 Å². The molecule has 1 atom stereocenters. The molecule has 0 amide bonds. The van der Waals surface area contributed by atoms with Crippen LogP contribution in [0, 0.1) is 19.8 Å². The van der Waals surface area contributed by atoms with E-state index in [4.69, 9.17) is 0 Å². The third-order valence-electron chi connectivity index (χ3n) is 4.73. The Morgan fingerprint density at radius 2 is 1.87 bits per heavy atom. The Balaban J connectivity index is 2.03. The van der Waals surface area contributed by atoms with E-state index in [2.05, 4.69) is 46.3 Å². The highest BCUT2D eigenvalue weighted by Gasteiger charge is 2.24. The summed E-state index contributed by atoms with van der Waals surface area (Å²) in [5.41, 5.74) is 4.01. The highest BCUT2D eigenvalue weighted by atomic mass is 16.3. The third-order valence-corrected chi connectivity index (χ3v) is 4.73. The number of hydrogen-bond donors (Lipinski definition) is 2. The predicted molar refractivity (Wildman–Crippen MR) is 94.4 cm³/mol. The molecule has 126 valence electrons. The van der Waals surface area contributed by atoms with E-state index in [0.29, 0.717) is 6.54 Å². The second kappa shape index (κ2) is 7.28. The topological polar surface area (TPSA) is 50.1 Å². The maximum Gasteiger partial charge on any atom is 0.0766 e. The van der Waals surface area contributed by atoms with Gasteiger partial charge in [0.1, 0.15) is 0 Å². The monoisotopic (exact) mass is 315 g/mol. The maximum atomic E-state index is 10.3. The molecule has 1 unspecified atom stereocenters. The minimum absolute atomic E-state index is 0.220. The lowest BCUT2D eigenvalue weighted by Crippen LogP contribution is -2.42. The summed E-state index contributed by atoms with van der Waals surface area (Å²) in [6, 6.07) is 10.4. The van der Waals surface area contributed by atoms with Crippen molar-refractivity contribution in [2.24, 2.45) is 5.92 Å². The van der Waals surface area contributed by atoms with Crippen LogP contribution in [0.2, 0.25) is 0 Å². The summed E-state index contributed by atoms with van der Waals surface area (Å²) in [4.78, 5) is 0. The minimum Gasteiger partial charge on any atom is -0.389 e. The quantitative estimate of drug-likeness (QED) is 0.825. The van der Waals surface area contributed by atoms with E-state index in [1.807, 2.05) is 33.8 Å². The van der Waals surface area contributed by atoms with Crippen molar-refractivity contribution in [3.05, 3.63) is 52.8 Å². The molecule has 0 saturated carbocycles. The summed E-state index contributed by atoms with van der Waals surface area (Å²) in [7, 11) is 0. The average molecular weight is 315 g/mol. The Bertz CT molecular complexity index is 630. The van der Waals surface area contributed by atoms with E-state index < -0.39 is 5.60 Å². The van der Waals surface area contributed by atoms with Gasteiger partial charge in [-0.05, 0) is 32.3 Å². The fourth-order valence-corrected chi connectivity index (χ4v) is 2.54. The number of rotatable bonds is 7. The molecule has 1 heterocycles. The molecular formula is C19H29N3O. The molecule has 0 aliphatic heterocycles. The van der Waals surface area contributed by atoms with Crippen molar-refractivity contribution in [2.75, 3.05) is 6.54 Å². The Kier molecular flexibility index (Phi) is 5.60. The molecule has 0 bridgehead atoms. The van der Waals surface area contributed by atoms with Crippen LogP contribution in [0.5, 0.6) is 0 Å². The maximum absolute atomic E-state index is 10.3. The second-order valence-corrected chi connectivity index (χ2v) is 6.91. The lowest BCUT2D eigenvalue weighted by atomic mass is 9.92.